The molecule has 8 rings (SSSR count). The van der Waals surface area contributed by atoms with E-state index in [-0.39, 0.29) is 12.2 Å². The zero-order chi connectivity index (χ0) is 17.9. The number of fused-ring (bicyclic) bond motifs is 3. The zero-order valence-corrected chi connectivity index (χ0v) is 15.5. The van der Waals surface area contributed by atoms with Crippen LogP contribution < -0.4 is 14.2 Å². The van der Waals surface area contributed by atoms with Gasteiger partial charge in [0.1, 0.15) is 0 Å². The van der Waals surface area contributed by atoms with Gasteiger partial charge in [-0.1, -0.05) is 11.6 Å². The quantitative estimate of drug-likeness (QED) is 0.716. The second kappa shape index (κ2) is 4.61. The van der Waals surface area contributed by atoms with E-state index < -0.39 is 0 Å². The Kier molecular flexibility index (Phi) is 2.53. The molecule has 0 N–H and O–H groups in total. The summed E-state index contributed by atoms with van der Waals surface area (Å²) in [6, 6.07) is 2.98. The van der Waals surface area contributed by atoms with Crippen molar-refractivity contribution < 1.29 is 18.9 Å². The van der Waals surface area contributed by atoms with Gasteiger partial charge in [-0.3, -0.25) is 4.90 Å². The number of hydrogen-bond donors (Lipinski definition) is 0. The number of rotatable bonds is 1. The molecule has 0 aliphatic carbocycles. The SMILES string of the molecule is C/C=C1/CN2[C@H]3C[C@@H]1[C@@H]1COC4=Nc5cc6c(c(OC)c5[C@@]43C[C@@H]12)OCO6. The van der Waals surface area contributed by atoms with Gasteiger partial charge in [0.15, 0.2) is 11.5 Å². The second-order valence-electron chi connectivity index (χ2n) is 8.57. The van der Waals surface area contributed by atoms with Crippen LogP contribution in [-0.4, -0.2) is 49.9 Å². The van der Waals surface area contributed by atoms with Crippen molar-refractivity contribution in [2.75, 3.05) is 27.1 Å². The van der Waals surface area contributed by atoms with E-state index in [1.807, 2.05) is 6.07 Å². The number of benzene rings is 1. The number of methoxy groups -OCH3 is 1. The first-order valence-electron chi connectivity index (χ1n) is 9.90. The number of nitrogens with zero attached hydrogens (tertiary/aromatic N) is 2. The lowest BCUT2D eigenvalue weighted by atomic mass is 9.68. The molecule has 1 spiro atoms. The number of ether oxygens (including phenoxy) is 4. The van der Waals surface area contributed by atoms with Gasteiger partial charge in [-0.2, -0.15) is 0 Å². The summed E-state index contributed by atoms with van der Waals surface area (Å²) in [6.07, 6.45) is 4.57. The average Bonchev–Trinajstić information content (AvgIpc) is 3.30. The molecule has 7 heterocycles. The van der Waals surface area contributed by atoms with Crippen molar-refractivity contribution in [3.63, 3.8) is 0 Å². The van der Waals surface area contributed by atoms with Crippen molar-refractivity contribution in [3.8, 4) is 17.2 Å². The summed E-state index contributed by atoms with van der Waals surface area (Å²) in [4.78, 5) is 7.70. The Bertz CT molecular complexity index is 954. The fraction of sp³-hybridized carbons (Fsp3) is 0.571. The number of aliphatic imine (C=N–C) groups is 1. The predicted molar refractivity (Wildman–Crippen MR) is 98.1 cm³/mol. The van der Waals surface area contributed by atoms with Crippen LogP contribution in [0.2, 0.25) is 0 Å². The van der Waals surface area contributed by atoms with E-state index in [1.165, 1.54) is 6.42 Å². The Labute approximate surface area is 157 Å². The largest absolute Gasteiger partial charge is 0.492 e. The van der Waals surface area contributed by atoms with E-state index in [0.717, 1.165) is 54.0 Å². The summed E-state index contributed by atoms with van der Waals surface area (Å²) in [5.41, 5.74) is 3.46. The van der Waals surface area contributed by atoms with Gasteiger partial charge >= 0.3 is 0 Å². The molecule has 7 aliphatic heterocycles. The average molecular weight is 366 g/mol. The molecule has 1 unspecified atom stereocenters. The molecule has 1 aromatic rings. The topological polar surface area (TPSA) is 52.5 Å². The number of allylic oxidation sites excluding steroid dienone is 1. The highest BCUT2D eigenvalue weighted by Gasteiger charge is 2.69. The number of hydrogen-bond acceptors (Lipinski definition) is 6. The molecule has 140 valence electrons. The van der Waals surface area contributed by atoms with Crippen molar-refractivity contribution in [2.24, 2.45) is 16.8 Å². The normalized spacial score (nSPS) is 42.7. The summed E-state index contributed by atoms with van der Waals surface area (Å²) < 4.78 is 23.7. The summed E-state index contributed by atoms with van der Waals surface area (Å²) >= 11 is 0. The van der Waals surface area contributed by atoms with Gasteiger partial charge in [0, 0.05) is 36.2 Å². The van der Waals surface area contributed by atoms with E-state index in [1.54, 1.807) is 12.7 Å². The molecular weight excluding hydrogens is 344 g/mol. The molecular formula is C21H22N2O4. The molecule has 0 amide bonds. The van der Waals surface area contributed by atoms with Crippen molar-refractivity contribution in [2.45, 2.75) is 37.3 Å². The van der Waals surface area contributed by atoms with Crippen LogP contribution in [0.1, 0.15) is 25.3 Å². The third-order valence-electron chi connectivity index (χ3n) is 7.89. The standard InChI is InChI=1S/C21H22N2O4/c1-3-10-7-23-14-6-21-16(23)4-11(10)12(14)8-25-20(21)22-13-5-15-18(27-9-26-15)19(24-2)17(13)21/h3,5,11-12,14,16H,4,6-9H2,1-2H3/b10-3-/t11-,12-,14-,16-,21-/m0/s1. The third-order valence-corrected chi connectivity index (χ3v) is 7.89. The lowest BCUT2D eigenvalue weighted by Gasteiger charge is -2.54. The van der Waals surface area contributed by atoms with E-state index in [4.69, 9.17) is 23.9 Å². The van der Waals surface area contributed by atoms with Crippen molar-refractivity contribution in [1.29, 1.82) is 0 Å². The highest BCUT2D eigenvalue weighted by atomic mass is 16.7. The molecule has 6 atom stereocenters. The van der Waals surface area contributed by atoms with Gasteiger partial charge in [0.2, 0.25) is 18.4 Å². The van der Waals surface area contributed by atoms with Crippen molar-refractivity contribution in [1.82, 2.24) is 4.90 Å². The van der Waals surface area contributed by atoms with E-state index >= 15 is 0 Å². The first-order valence-corrected chi connectivity index (χ1v) is 9.90. The first kappa shape index (κ1) is 14.8. The summed E-state index contributed by atoms with van der Waals surface area (Å²) in [5, 5.41) is 0. The fourth-order valence-corrected chi connectivity index (χ4v) is 6.89. The van der Waals surface area contributed by atoms with Gasteiger partial charge in [-0.25, -0.2) is 4.99 Å². The maximum Gasteiger partial charge on any atom is 0.231 e. The van der Waals surface area contributed by atoms with Crippen LogP contribution in [0, 0.1) is 11.8 Å². The smallest absolute Gasteiger partial charge is 0.231 e. The predicted octanol–water partition coefficient (Wildman–Crippen LogP) is 2.77. The maximum absolute atomic E-state index is 6.40. The Morgan fingerprint density at radius 1 is 1.33 bits per heavy atom. The molecule has 6 heteroatoms. The molecule has 6 nitrogen and oxygen atoms in total. The molecule has 5 bridgehead atoms. The summed E-state index contributed by atoms with van der Waals surface area (Å²) in [6.45, 7) is 4.27. The minimum absolute atomic E-state index is 0.213. The van der Waals surface area contributed by atoms with Gasteiger partial charge in [0.05, 0.1) is 24.8 Å². The molecule has 0 aromatic heterocycles. The maximum atomic E-state index is 6.40. The van der Waals surface area contributed by atoms with Crippen LogP contribution in [-0.2, 0) is 10.2 Å². The summed E-state index contributed by atoms with van der Waals surface area (Å²) in [7, 11) is 1.72. The van der Waals surface area contributed by atoms with E-state index in [2.05, 4.69) is 17.9 Å². The molecule has 1 aromatic carbocycles. The molecule has 0 saturated carbocycles. The van der Waals surface area contributed by atoms with Crippen LogP contribution in [0.25, 0.3) is 0 Å². The van der Waals surface area contributed by atoms with Gasteiger partial charge in [-0.15, -0.1) is 0 Å². The Balaban J connectivity index is 1.49. The minimum Gasteiger partial charge on any atom is -0.492 e. The highest BCUT2D eigenvalue weighted by Crippen LogP contribution is 2.66. The Morgan fingerprint density at radius 2 is 2.26 bits per heavy atom. The zero-order valence-electron chi connectivity index (χ0n) is 15.5. The summed E-state index contributed by atoms with van der Waals surface area (Å²) in [5.74, 6) is 4.33. The van der Waals surface area contributed by atoms with E-state index in [0.29, 0.717) is 23.9 Å². The van der Waals surface area contributed by atoms with E-state index in [9.17, 15) is 0 Å². The first-order chi connectivity index (χ1) is 13.3. The Hall–Kier alpha value is -2.21. The van der Waals surface area contributed by atoms with Crippen LogP contribution in [0.15, 0.2) is 22.7 Å². The van der Waals surface area contributed by atoms with Crippen molar-refractivity contribution >= 4 is 11.6 Å². The lowest BCUT2D eigenvalue weighted by Crippen LogP contribution is -2.61. The molecule has 5 saturated heterocycles. The molecule has 0 radical (unpaired) electrons. The van der Waals surface area contributed by atoms with Crippen LogP contribution in [0.4, 0.5) is 5.69 Å². The second-order valence-corrected chi connectivity index (χ2v) is 8.57. The fourth-order valence-electron chi connectivity index (χ4n) is 6.89. The Morgan fingerprint density at radius 3 is 3.11 bits per heavy atom. The highest BCUT2D eigenvalue weighted by molar-refractivity contribution is 6.00. The van der Waals surface area contributed by atoms with Gasteiger partial charge < -0.3 is 18.9 Å². The van der Waals surface area contributed by atoms with Gasteiger partial charge in [-0.05, 0) is 25.7 Å². The van der Waals surface area contributed by atoms with Crippen LogP contribution in [0.3, 0.4) is 0 Å². The monoisotopic (exact) mass is 366 g/mol. The molecule has 5 fully saturated rings. The third kappa shape index (κ3) is 1.47. The van der Waals surface area contributed by atoms with Gasteiger partial charge in [0.25, 0.3) is 0 Å². The van der Waals surface area contributed by atoms with Crippen LogP contribution in [0.5, 0.6) is 17.2 Å². The minimum atomic E-state index is -0.213. The molecule has 27 heavy (non-hydrogen) atoms. The number of piperidine rings is 3. The van der Waals surface area contributed by atoms with Crippen LogP contribution >= 0.6 is 0 Å². The molecule has 7 aliphatic rings. The lowest BCUT2D eigenvalue weighted by molar-refractivity contribution is -0.0152. The van der Waals surface area contributed by atoms with Crippen molar-refractivity contribution in [3.05, 3.63) is 23.3 Å².